The average molecular weight is 198 g/mol. The van der Waals surface area contributed by atoms with Crippen LogP contribution in [-0.2, 0) is 0 Å². The molecule has 0 unspecified atom stereocenters. The van der Waals surface area contributed by atoms with Crippen LogP contribution in [0.25, 0.3) is 0 Å². The molecule has 0 saturated carbocycles. The number of hydrogen-bond acceptors (Lipinski definition) is 0. The van der Waals surface area contributed by atoms with Crippen LogP contribution < -0.4 is 0 Å². The molecule has 0 N–H and O–H groups in total. The maximum Gasteiger partial charge on any atom is -0.0180 e. The molecule has 0 atom stereocenters. The summed E-state index contributed by atoms with van der Waals surface area (Å²) in [6.07, 6.45) is 0. The predicted molar refractivity (Wildman–Crippen MR) is 66.4 cm³/mol. The molecule has 0 aromatic heterocycles. The van der Waals surface area contributed by atoms with Crippen molar-refractivity contribution in [1.82, 2.24) is 0 Å². The Morgan fingerprint density at radius 2 is 0.786 bits per heavy atom. The minimum atomic E-state index is 0.378. The zero-order chi connectivity index (χ0) is 11.7. The second-order valence-electron chi connectivity index (χ2n) is 6.65. The molecule has 14 heavy (non-hydrogen) atoms. The van der Waals surface area contributed by atoms with E-state index in [1.54, 1.807) is 0 Å². The summed E-state index contributed by atoms with van der Waals surface area (Å²) < 4.78 is 0. The smallest absolute Gasteiger partial charge is 0.0180 e. The van der Waals surface area contributed by atoms with Gasteiger partial charge in [0.15, 0.2) is 0 Å². The van der Waals surface area contributed by atoms with Gasteiger partial charge < -0.3 is 0 Å². The van der Waals surface area contributed by atoms with E-state index in [4.69, 9.17) is 0 Å². The van der Waals surface area contributed by atoms with Crippen LogP contribution in [0.4, 0.5) is 0 Å². The van der Waals surface area contributed by atoms with Crippen molar-refractivity contribution in [3.63, 3.8) is 0 Å². The molecular formula is C14H30. The molecular weight excluding hydrogens is 168 g/mol. The summed E-state index contributed by atoms with van der Waals surface area (Å²) in [5.74, 6) is 2.22. The first-order valence-electron chi connectivity index (χ1n) is 6.08. The predicted octanol–water partition coefficient (Wildman–Crippen LogP) is 4.99. The third-order valence-corrected chi connectivity index (χ3v) is 4.17. The fraction of sp³-hybridized carbons (Fsp3) is 1.00. The van der Waals surface area contributed by atoms with E-state index in [2.05, 4.69) is 62.3 Å². The standard InChI is InChI=1S/C14H30/c1-10(2)14(11(3)4,12(5)6)13(7,8)9/h10-12H,1-9H3. The van der Waals surface area contributed by atoms with Crippen molar-refractivity contribution >= 4 is 0 Å². The van der Waals surface area contributed by atoms with Crippen molar-refractivity contribution in [1.29, 1.82) is 0 Å². The lowest BCUT2D eigenvalue weighted by Crippen LogP contribution is -2.48. The second-order valence-corrected chi connectivity index (χ2v) is 6.65. The Balaban J connectivity index is 5.40. The Kier molecular flexibility index (Phi) is 4.24. The Bertz CT molecular complexity index is 145. The van der Waals surface area contributed by atoms with Crippen molar-refractivity contribution in [2.75, 3.05) is 0 Å². The first kappa shape index (κ1) is 14.0. The lowest BCUT2D eigenvalue weighted by atomic mass is 9.50. The summed E-state index contributed by atoms with van der Waals surface area (Å²) in [6.45, 7) is 21.5. The van der Waals surface area contributed by atoms with Gasteiger partial charge in [0, 0.05) is 0 Å². The third kappa shape index (κ3) is 1.99. The topological polar surface area (TPSA) is 0 Å². The Hall–Kier alpha value is 0. The highest BCUT2D eigenvalue weighted by molar-refractivity contribution is 4.96. The minimum absolute atomic E-state index is 0.378. The lowest BCUT2D eigenvalue weighted by molar-refractivity contribution is -0.0630. The van der Waals surface area contributed by atoms with E-state index in [1.807, 2.05) is 0 Å². The monoisotopic (exact) mass is 198 g/mol. The van der Waals surface area contributed by atoms with Gasteiger partial charge in [-0.25, -0.2) is 0 Å². The maximum absolute atomic E-state index is 2.40. The molecule has 0 nitrogen and oxygen atoms in total. The van der Waals surface area contributed by atoms with Crippen LogP contribution in [0.3, 0.4) is 0 Å². The van der Waals surface area contributed by atoms with E-state index in [1.165, 1.54) is 0 Å². The van der Waals surface area contributed by atoms with Gasteiger partial charge in [0.05, 0.1) is 0 Å². The molecule has 0 spiro atoms. The van der Waals surface area contributed by atoms with E-state index in [0.717, 1.165) is 17.8 Å². The first-order chi connectivity index (χ1) is 6.08. The van der Waals surface area contributed by atoms with Gasteiger partial charge in [0.2, 0.25) is 0 Å². The van der Waals surface area contributed by atoms with Crippen molar-refractivity contribution < 1.29 is 0 Å². The molecule has 0 aromatic rings. The zero-order valence-electron chi connectivity index (χ0n) is 11.7. The van der Waals surface area contributed by atoms with Crippen LogP contribution in [0.5, 0.6) is 0 Å². The second kappa shape index (κ2) is 4.24. The van der Waals surface area contributed by atoms with Gasteiger partial charge in [-0.2, -0.15) is 0 Å². The minimum Gasteiger partial charge on any atom is -0.0622 e. The van der Waals surface area contributed by atoms with Crippen LogP contribution in [0.15, 0.2) is 0 Å². The molecule has 0 heteroatoms. The van der Waals surface area contributed by atoms with Gasteiger partial charge >= 0.3 is 0 Å². The van der Waals surface area contributed by atoms with Gasteiger partial charge in [-0.1, -0.05) is 62.3 Å². The van der Waals surface area contributed by atoms with Crippen LogP contribution in [0, 0.1) is 28.6 Å². The molecule has 0 fully saturated rings. The number of rotatable bonds is 3. The Labute approximate surface area is 91.5 Å². The molecule has 0 aromatic carbocycles. The van der Waals surface area contributed by atoms with Crippen molar-refractivity contribution in [3.05, 3.63) is 0 Å². The van der Waals surface area contributed by atoms with Crippen molar-refractivity contribution in [2.24, 2.45) is 28.6 Å². The van der Waals surface area contributed by atoms with Crippen molar-refractivity contribution in [2.45, 2.75) is 62.3 Å². The molecule has 0 aliphatic rings. The maximum atomic E-state index is 2.40. The molecule has 0 saturated heterocycles. The van der Waals surface area contributed by atoms with Gasteiger partial charge in [-0.15, -0.1) is 0 Å². The molecule has 0 amide bonds. The molecule has 0 heterocycles. The van der Waals surface area contributed by atoms with Crippen molar-refractivity contribution in [3.8, 4) is 0 Å². The van der Waals surface area contributed by atoms with Crippen LogP contribution in [0.2, 0.25) is 0 Å². The molecule has 86 valence electrons. The fourth-order valence-corrected chi connectivity index (χ4v) is 4.60. The SMILES string of the molecule is CC(C)C(C(C)C)(C(C)C)C(C)(C)C. The van der Waals surface area contributed by atoms with Gasteiger partial charge in [0.1, 0.15) is 0 Å². The highest BCUT2D eigenvalue weighted by atomic mass is 14.5. The Morgan fingerprint density at radius 3 is 0.786 bits per heavy atom. The van der Waals surface area contributed by atoms with Crippen LogP contribution >= 0.6 is 0 Å². The highest BCUT2D eigenvalue weighted by Crippen LogP contribution is 2.55. The van der Waals surface area contributed by atoms with E-state index in [-0.39, 0.29) is 0 Å². The third-order valence-electron chi connectivity index (χ3n) is 4.17. The summed E-state index contributed by atoms with van der Waals surface area (Å²) in [6, 6.07) is 0. The zero-order valence-corrected chi connectivity index (χ0v) is 11.7. The number of hydrogen-bond donors (Lipinski definition) is 0. The van der Waals surface area contributed by atoms with E-state index < -0.39 is 0 Å². The molecule has 0 radical (unpaired) electrons. The fourth-order valence-electron chi connectivity index (χ4n) is 4.60. The van der Waals surface area contributed by atoms with Gasteiger partial charge in [-0.3, -0.25) is 0 Å². The van der Waals surface area contributed by atoms with E-state index >= 15 is 0 Å². The molecule has 0 aliphatic carbocycles. The largest absolute Gasteiger partial charge is 0.0622 e. The van der Waals surface area contributed by atoms with Crippen LogP contribution in [0.1, 0.15) is 62.3 Å². The molecule has 0 bridgehead atoms. The lowest BCUT2D eigenvalue weighted by Gasteiger charge is -2.54. The summed E-state index contributed by atoms with van der Waals surface area (Å²) in [5.41, 5.74) is 0.816. The Morgan fingerprint density at radius 1 is 0.571 bits per heavy atom. The summed E-state index contributed by atoms with van der Waals surface area (Å²) in [5, 5.41) is 0. The van der Waals surface area contributed by atoms with E-state index in [0.29, 0.717) is 10.8 Å². The van der Waals surface area contributed by atoms with Crippen LogP contribution in [-0.4, -0.2) is 0 Å². The molecule has 0 rings (SSSR count). The van der Waals surface area contributed by atoms with E-state index in [9.17, 15) is 0 Å². The highest BCUT2D eigenvalue weighted by Gasteiger charge is 2.48. The quantitative estimate of drug-likeness (QED) is 0.599. The molecule has 0 aliphatic heterocycles. The van der Waals surface area contributed by atoms with Gasteiger partial charge in [-0.05, 0) is 28.6 Å². The normalized spacial score (nSPS) is 14.6. The summed E-state index contributed by atoms with van der Waals surface area (Å²) in [4.78, 5) is 0. The first-order valence-corrected chi connectivity index (χ1v) is 6.08. The summed E-state index contributed by atoms with van der Waals surface area (Å²) in [7, 11) is 0. The van der Waals surface area contributed by atoms with Gasteiger partial charge in [0.25, 0.3) is 0 Å². The average Bonchev–Trinajstić information content (AvgIpc) is 1.79. The summed E-state index contributed by atoms with van der Waals surface area (Å²) >= 11 is 0.